The highest BCUT2D eigenvalue weighted by atomic mass is 19.4. The quantitative estimate of drug-likeness (QED) is 0.922. The third-order valence-electron chi connectivity index (χ3n) is 3.21. The van der Waals surface area contributed by atoms with E-state index in [1.165, 1.54) is 18.2 Å². The Morgan fingerprint density at radius 2 is 1.67 bits per heavy atom. The van der Waals surface area contributed by atoms with Crippen molar-refractivity contribution in [3.63, 3.8) is 0 Å². The van der Waals surface area contributed by atoms with Crippen LogP contribution in [0.1, 0.15) is 22.8 Å². The van der Waals surface area contributed by atoms with Crippen molar-refractivity contribution in [1.82, 2.24) is 0 Å². The second kappa shape index (κ2) is 6.18. The smallest absolute Gasteiger partial charge is 0.419 e. The van der Waals surface area contributed by atoms with Crippen molar-refractivity contribution in [2.45, 2.75) is 19.2 Å². The van der Waals surface area contributed by atoms with Gasteiger partial charge < -0.3 is 10.5 Å². The van der Waals surface area contributed by atoms with E-state index in [0.29, 0.717) is 0 Å². The summed E-state index contributed by atoms with van der Waals surface area (Å²) in [5, 5.41) is 0. The topological polar surface area (TPSA) is 35.2 Å². The Kier molecular flexibility index (Phi) is 4.53. The van der Waals surface area contributed by atoms with E-state index in [0.717, 1.165) is 17.2 Å². The van der Waals surface area contributed by atoms with E-state index in [4.69, 9.17) is 10.5 Å². The summed E-state index contributed by atoms with van der Waals surface area (Å²) in [5.74, 6) is -0.205. The number of benzene rings is 2. The third kappa shape index (κ3) is 3.55. The lowest BCUT2D eigenvalue weighted by molar-refractivity contribution is -0.139. The van der Waals surface area contributed by atoms with E-state index in [1.54, 1.807) is 0 Å². The van der Waals surface area contributed by atoms with E-state index in [-0.39, 0.29) is 12.3 Å². The molecule has 0 aliphatic heterocycles. The average Bonchev–Trinajstić information content (AvgIpc) is 2.45. The maximum absolute atomic E-state index is 13.0. The fourth-order valence-corrected chi connectivity index (χ4v) is 2.14. The van der Waals surface area contributed by atoms with Crippen molar-refractivity contribution < 1.29 is 17.9 Å². The monoisotopic (exact) mass is 295 g/mol. The maximum atomic E-state index is 13.0. The van der Waals surface area contributed by atoms with Crippen LogP contribution in [-0.2, 0) is 6.18 Å². The van der Waals surface area contributed by atoms with Crippen molar-refractivity contribution in [2.24, 2.45) is 5.73 Å². The van der Waals surface area contributed by atoms with Crippen molar-refractivity contribution in [3.05, 3.63) is 65.2 Å². The minimum atomic E-state index is -4.46. The number of rotatable bonds is 4. The van der Waals surface area contributed by atoms with Gasteiger partial charge in [-0.3, -0.25) is 0 Å². The lowest BCUT2D eigenvalue weighted by Gasteiger charge is -2.22. The van der Waals surface area contributed by atoms with E-state index in [2.05, 4.69) is 0 Å². The van der Waals surface area contributed by atoms with Gasteiger partial charge in [0.15, 0.2) is 0 Å². The van der Waals surface area contributed by atoms with Gasteiger partial charge in [0.25, 0.3) is 0 Å². The Morgan fingerprint density at radius 1 is 1.05 bits per heavy atom. The molecule has 0 bridgehead atoms. The molecule has 2 rings (SSSR count). The molecule has 0 heterocycles. The molecule has 1 unspecified atom stereocenters. The van der Waals surface area contributed by atoms with Crippen LogP contribution in [0.5, 0.6) is 5.75 Å². The highest BCUT2D eigenvalue weighted by Crippen LogP contribution is 2.37. The zero-order chi connectivity index (χ0) is 15.5. The van der Waals surface area contributed by atoms with Crippen LogP contribution in [-0.4, -0.2) is 6.54 Å². The van der Waals surface area contributed by atoms with E-state index in [1.807, 2.05) is 31.2 Å². The summed E-state index contributed by atoms with van der Waals surface area (Å²) in [6, 6.07) is 12.5. The van der Waals surface area contributed by atoms with Crippen LogP contribution in [0.4, 0.5) is 13.2 Å². The Labute approximate surface area is 121 Å². The molecule has 1 atom stereocenters. The number of ether oxygens (including phenoxy) is 1. The van der Waals surface area contributed by atoms with E-state index < -0.39 is 17.8 Å². The predicted octanol–water partition coefficient (Wildman–Crippen LogP) is 4.09. The Balaban J connectivity index is 2.34. The summed E-state index contributed by atoms with van der Waals surface area (Å²) in [5.41, 5.74) is 6.60. The predicted molar refractivity (Wildman–Crippen MR) is 75.0 cm³/mol. The first kappa shape index (κ1) is 15.4. The van der Waals surface area contributed by atoms with Gasteiger partial charge in [-0.2, -0.15) is 13.2 Å². The molecule has 0 aliphatic rings. The molecule has 112 valence electrons. The minimum Gasteiger partial charge on any atom is -0.484 e. The molecular weight excluding hydrogens is 279 g/mol. The fraction of sp³-hybridized carbons (Fsp3) is 0.250. The van der Waals surface area contributed by atoms with Gasteiger partial charge in [-0.25, -0.2) is 0 Å². The van der Waals surface area contributed by atoms with Crippen molar-refractivity contribution in [3.8, 4) is 5.75 Å². The van der Waals surface area contributed by atoms with Gasteiger partial charge in [0, 0.05) is 6.54 Å². The van der Waals surface area contributed by atoms with Crippen LogP contribution in [0.15, 0.2) is 48.5 Å². The first-order chi connectivity index (χ1) is 9.93. The van der Waals surface area contributed by atoms with Gasteiger partial charge in [0.1, 0.15) is 11.9 Å². The number of nitrogens with two attached hydrogens (primary N) is 1. The summed E-state index contributed by atoms with van der Waals surface area (Å²) in [4.78, 5) is 0. The first-order valence-electron chi connectivity index (χ1n) is 6.52. The van der Waals surface area contributed by atoms with Crippen LogP contribution < -0.4 is 10.5 Å². The molecule has 0 saturated heterocycles. The van der Waals surface area contributed by atoms with Crippen molar-refractivity contribution >= 4 is 0 Å². The molecule has 0 amide bonds. The standard InChI is InChI=1S/C16H16F3NO/c1-11-6-2-3-7-12(11)15(10-20)21-14-9-5-4-8-13(14)16(17,18)19/h2-9,15H,10,20H2,1H3. The maximum Gasteiger partial charge on any atom is 0.419 e. The van der Waals surface area contributed by atoms with Crippen molar-refractivity contribution in [2.75, 3.05) is 6.54 Å². The normalized spacial score (nSPS) is 13.0. The molecule has 0 saturated carbocycles. The molecule has 0 spiro atoms. The van der Waals surface area contributed by atoms with Gasteiger partial charge in [0.2, 0.25) is 0 Å². The molecule has 0 radical (unpaired) electrons. The lowest BCUT2D eigenvalue weighted by Crippen LogP contribution is -2.21. The summed E-state index contributed by atoms with van der Waals surface area (Å²) < 4.78 is 44.5. The SMILES string of the molecule is Cc1ccccc1C(CN)Oc1ccccc1C(F)(F)F. The lowest BCUT2D eigenvalue weighted by atomic mass is 10.0. The summed E-state index contributed by atoms with van der Waals surface area (Å²) in [7, 11) is 0. The Hall–Kier alpha value is -2.01. The van der Waals surface area contributed by atoms with Crippen LogP contribution in [0.2, 0.25) is 0 Å². The van der Waals surface area contributed by atoms with Gasteiger partial charge >= 0.3 is 6.18 Å². The highest BCUT2D eigenvalue weighted by molar-refractivity contribution is 5.37. The molecule has 2 nitrogen and oxygen atoms in total. The fourth-order valence-electron chi connectivity index (χ4n) is 2.14. The molecule has 21 heavy (non-hydrogen) atoms. The zero-order valence-electron chi connectivity index (χ0n) is 11.5. The van der Waals surface area contributed by atoms with Gasteiger partial charge in [0.05, 0.1) is 5.56 Å². The van der Waals surface area contributed by atoms with Gasteiger partial charge in [-0.1, -0.05) is 36.4 Å². The Bertz CT molecular complexity index is 610. The van der Waals surface area contributed by atoms with Gasteiger partial charge in [-0.15, -0.1) is 0 Å². The molecule has 0 aliphatic carbocycles. The third-order valence-corrected chi connectivity index (χ3v) is 3.21. The first-order valence-corrected chi connectivity index (χ1v) is 6.52. The highest BCUT2D eigenvalue weighted by Gasteiger charge is 2.34. The number of hydrogen-bond acceptors (Lipinski definition) is 2. The largest absolute Gasteiger partial charge is 0.484 e. The van der Waals surface area contributed by atoms with Crippen LogP contribution in [0, 0.1) is 6.92 Å². The summed E-state index contributed by atoms with van der Waals surface area (Å²) in [6.45, 7) is 1.97. The molecule has 5 heteroatoms. The second-order valence-electron chi connectivity index (χ2n) is 4.69. The molecule has 2 aromatic rings. The number of hydrogen-bond donors (Lipinski definition) is 1. The second-order valence-corrected chi connectivity index (χ2v) is 4.69. The molecule has 2 aromatic carbocycles. The number of halogens is 3. The Morgan fingerprint density at radius 3 is 2.29 bits per heavy atom. The molecular formula is C16H16F3NO. The molecule has 0 fully saturated rings. The summed E-state index contributed by atoms with van der Waals surface area (Å²) in [6.07, 6.45) is -5.07. The minimum absolute atomic E-state index is 0.0943. The summed E-state index contributed by atoms with van der Waals surface area (Å²) >= 11 is 0. The van der Waals surface area contributed by atoms with Gasteiger partial charge in [-0.05, 0) is 30.2 Å². The van der Waals surface area contributed by atoms with E-state index in [9.17, 15) is 13.2 Å². The van der Waals surface area contributed by atoms with Crippen LogP contribution in [0.25, 0.3) is 0 Å². The van der Waals surface area contributed by atoms with Crippen LogP contribution in [0.3, 0.4) is 0 Å². The van der Waals surface area contributed by atoms with E-state index >= 15 is 0 Å². The number of para-hydroxylation sites is 1. The zero-order valence-corrected chi connectivity index (χ0v) is 11.5. The molecule has 2 N–H and O–H groups in total. The number of alkyl halides is 3. The average molecular weight is 295 g/mol. The molecule has 0 aromatic heterocycles. The van der Waals surface area contributed by atoms with Crippen LogP contribution >= 0.6 is 0 Å². The number of aryl methyl sites for hydroxylation is 1. The van der Waals surface area contributed by atoms with Crippen molar-refractivity contribution in [1.29, 1.82) is 0 Å².